The molecule has 0 bridgehead atoms. The van der Waals surface area contributed by atoms with Crippen molar-refractivity contribution in [3.63, 3.8) is 0 Å². The number of carbonyl (C=O) groups is 1. The highest BCUT2D eigenvalue weighted by Crippen LogP contribution is 2.25. The van der Waals surface area contributed by atoms with Gasteiger partial charge in [-0.2, -0.15) is 0 Å². The van der Waals surface area contributed by atoms with Crippen molar-refractivity contribution in [3.05, 3.63) is 82.1 Å². The van der Waals surface area contributed by atoms with E-state index in [1.54, 1.807) is 30.5 Å². The van der Waals surface area contributed by atoms with Gasteiger partial charge in [0.2, 0.25) is 0 Å². The standard InChI is InChI=1S/C19H15Cl2N3O/c1-12-4-2-3-5-18(12)23-15-8-13(10-22-11-15)19(25)24-14-6-7-16(20)17(21)9-14/h2-11,23H,1H3,(H,24,25). The number of anilines is 3. The van der Waals surface area contributed by atoms with E-state index in [-0.39, 0.29) is 5.91 Å². The Bertz CT molecular complexity index is 928. The van der Waals surface area contributed by atoms with Crippen LogP contribution in [0.4, 0.5) is 17.1 Å². The Labute approximate surface area is 155 Å². The number of halogens is 2. The van der Waals surface area contributed by atoms with Gasteiger partial charge in [-0.1, -0.05) is 41.4 Å². The topological polar surface area (TPSA) is 54.0 Å². The Morgan fingerprint density at radius 1 is 0.960 bits per heavy atom. The maximum absolute atomic E-state index is 12.4. The zero-order valence-corrected chi connectivity index (χ0v) is 14.9. The van der Waals surface area contributed by atoms with Crippen molar-refractivity contribution in [2.75, 3.05) is 10.6 Å². The lowest BCUT2D eigenvalue weighted by atomic mass is 10.2. The third-order valence-electron chi connectivity index (χ3n) is 3.60. The van der Waals surface area contributed by atoms with Gasteiger partial charge in [0.1, 0.15) is 0 Å². The summed E-state index contributed by atoms with van der Waals surface area (Å²) in [6, 6.07) is 14.6. The molecule has 3 rings (SSSR count). The zero-order valence-electron chi connectivity index (χ0n) is 13.4. The number of aromatic nitrogens is 1. The fourth-order valence-electron chi connectivity index (χ4n) is 2.28. The first-order chi connectivity index (χ1) is 12.0. The van der Waals surface area contributed by atoms with E-state index in [0.29, 0.717) is 21.3 Å². The second-order valence-corrected chi connectivity index (χ2v) is 6.30. The van der Waals surface area contributed by atoms with Crippen LogP contribution in [0, 0.1) is 6.92 Å². The largest absolute Gasteiger partial charge is 0.354 e. The maximum atomic E-state index is 12.4. The summed E-state index contributed by atoms with van der Waals surface area (Å²) in [5, 5.41) is 6.86. The lowest BCUT2D eigenvalue weighted by Crippen LogP contribution is -2.12. The number of rotatable bonds is 4. The summed E-state index contributed by atoms with van der Waals surface area (Å²) in [7, 11) is 0. The Kier molecular flexibility index (Phi) is 5.22. The van der Waals surface area contributed by atoms with Gasteiger partial charge >= 0.3 is 0 Å². The summed E-state index contributed by atoms with van der Waals surface area (Å²) in [4.78, 5) is 16.6. The Hall–Kier alpha value is -2.56. The van der Waals surface area contributed by atoms with E-state index >= 15 is 0 Å². The van der Waals surface area contributed by atoms with Crippen LogP contribution in [0.2, 0.25) is 10.0 Å². The molecule has 0 saturated carbocycles. The molecule has 4 nitrogen and oxygen atoms in total. The third-order valence-corrected chi connectivity index (χ3v) is 4.34. The molecule has 1 aromatic heterocycles. The molecule has 0 aliphatic heterocycles. The normalized spacial score (nSPS) is 10.4. The van der Waals surface area contributed by atoms with Gasteiger partial charge in [-0.25, -0.2) is 0 Å². The van der Waals surface area contributed by atoms with Crippen molar-refractivity contribution in [1.29, 1.82) is 0 Å². The van der Waals surface area contributed by atoms with E-state index in [4.69, 9.17) is 23.2 Å². The molecule has 25 heavy (non-hydrogen) atoms. The molecule has 0 spiro atoms. The summed E-state index contributed by atoms with van der Waals surface area (Å²) in [6.45, 7) is 2.01. The van der Waals surface area contributed by atoms with Crippen LogP contribution in [0.5, 0.6) is 0 Å². The minimum Gasteiger partial charge on any atom is -0.354 e. The summed E-state index contributed by atoms with van der Waals surface area (Å²) >= 11 is 11.8. The summed E-state index contributed by atoms with van der Waals surface area (Å²) < 4.78 is 0. The highest BCUT2D eigenvalue weighted by molar-refractivity contribution is 6.42. The summed E-state index contributed by atoms with van der Waals surface area (Å²) in [5.74, 6) is -0.278. The van der Waals surface area contributed by atoms with Crippen LogP contribution in [0.15, 0.2) is 60.9 Å². The van der Waals surface area contributed by atoms with Crippen molar-refractivity contribution < 1.29 is 4.79 Å². The van der Waals surface area contributed by atoms with E-state index in [1.165, 1.54) is 6.20 Å². The van der Waals surface area contributed by atoms with Crippen LogP contribution in [0.1, 0.15) is 15.9 Å². The highest BCUT2D eigenvalue weighted by Gasteiger charge is 2.09. The van der Waals surface area contributed by atoms with Gasteiger partial charge in [-0.15, -0.1) is 0 Å². The molecule has 0 aliphatic carbocycles. The molecule has 1 heterocycles. The first kappa shape index (κ1) is 17.3. The van der Waals surface area contributed by atoms with E-state index in [0.717, 1.165) is 16.9 Å². The lowest BCUT2D eigenvalue weighted by Gasteiger charge is -2.11. The average Bonchev–Trinajstić information content (AvgIpc) is 2.60. The molecule has 0 aliphatic rings. The van der Waals surface area contributed by atoms with Crippen LogP contribution in [-0.2, 0) is 0 Å². The van der Waals surface area contributed by atoms with Gasteiger partial charge < -0.3 is 10.6 Å². The predicted octanol–water partition coefficient (Wildman–Crippen LogP) is 5.69. The van der Waals surface area contributed by atoms with Crippen molar-refractivity contribution in [3.8, 4) is 0 Å². The third kappa shape index (κ3) is 4.29. The van der Waals surface area contributed by atoms with Crippen LogP contribution in [0.25, 0.3) is 0 Å². The number of aryl methyl sites for hydroxylation is 1. The maximum Gasteiger partial charge on any atom is 0.257 e. The van der Waals surface area contributed by atoms with Crippen molar-refractivity contribution in [2.45, 2.75) is 6.92 Å². The van der Waals surface area contributed by atoms with Crippen molar-refractivity contribution in [1.82, 2.24) is 4.98 Å². The van der Waals surface area contributed by atoms with Crippen LogP contribution in [0.3, 0.4) is 0 Å². The number of hydrogen-bond donors (Lipinski definition) is 2. The van der Waals surface area contributed by atoms with Crippen LogP contribution in [-0.4, -0.2) is 10.9 Å². The van der Waals surface area contributed by atoms with E-state index in [9.17, 15) is 4.79 Å². The average molecular weight is 372 g/mol. The number of hydrogen-bond acceptors (Lipinski definition) is 3. The Morgan fingerprint density at radius 2 is 1.76 bits per heavy atom. The Balaban J connectivity index is 1.77. The molecule has 0 fully saturated rings. The molecule has 0 unspecified atom stereocenters. The molecule has 2 aromatic carbocycles. The molecule has 2 N–H and O–H groups in total. The SMILES string of the molecule is Cc1ccccc1Nc1cncc(C(=O)Nc2ccc(Cl)c(Cl)c2)c1. The number of benzene rings is 2. The molecule has 0 radical (unpaired) electrons. The zero-order chi connectivity index (χ0) is 17.8. The summed E-state index contributed by atoms with van der Waals surface area (Å²) in [6.07, 6.45) is 3.18. The molecule has 1 amide bonds. The second-order valence-electron chi connectivity index (χ2n) is 5.49. The van der Waals surface area contributed by atoms with Gasteiger partial charge in [0.05, 0.1) is 27.5 Å². The Morgan fingerprint density at radius 3 is 2.52 bits per heavy atom. The molecular weight excluding hydrogens is 357 g/mol. The van der Waals surface area contributed by atoms with Crippen LogP contribution >= 0.6 is 23.2 Å². The molecule has 6 heteroatoms. The van der Waals surface area contributed by atoms with Gasteiger partial charge in [0, 0.05) is 17.6 Å². The highest BCUT2D eigenvalue weighted by atomic mass is 35.5. The van der Waals surface area contributed by atoms with Crippen molar-refractivity contribution in [2.24, 2.45) is 0 Å². The quantitative estimate of drug-likeness (QED) is 0.618. The number of carbonyl (C=O) groups excluding carboxylic acids is 1. The number of nitrogens with zero attached hydrogens (tertiary/aromatic N) is 1. The molecule has 0 atom stereocenters. The van der Waals surface area contributed by atoms with E-state index in [2.05, 4.69) is 15.6 Å². The molecular formula is C19H15Cl2N3O. The van der Waals surface area contributed by atoms with Gasteiger partial charge in [-0.05, 0) is 42.8 Å². The number of nitrogens with one attached hydrogen (secondary N) is 2. The van der Waals surface area contributed by atoms with Gasteiger partial charge in [-0.3, -0.25) is 9.78 Å². The smallest absolute Gasteiger partial charge is 0.257 e. The minimum atomic E-state index is -0.278. The molecule has 3 aromatic rings. The van der Waals surface area contributed by atoms with Crippen LogP contribution < -0.4 is 10.6 Å². The predicted molar refractivity (Wildman–Crippen MR) is 103 cm³/mol. The number of pyridine rings is 1. The second kappa shape index (κ2) is 7.55. The fraction of sp³-hybridized carbons (Fsp3) is 0.0526. The van der Waals surface area contributed by atoms with Gasteiger partial charge in [0.25, 0.3) is 5.91 Å². The van der Waals surface area contributed by atoms with E-state index in [1.807, 2.05) is 31.2 Å². The summed E-state index contributed by atoms with van der Waals surface area (Å²) in [5.41, 5.74) is 3.80. The van der Waals surface area contributed by atoms with Gasteiger partial charge in [0.15, 0.2) is 0 Å². The first-order valence-electron chi connectivity index (χ1n) is 7.57. The number of amides is 1. The molecule has 126 valence electrons. The molecule has 0 saturated heterocycles. The minimum absolute atomic E-state index is 0.278. The van der Waals surface area contributed by atoms with Crippen molar-refractivity contribution >= 4 is 46.2 Å². The van der Waals surface area contributed by atoms with E-state index < -0.39 is 0 Å². The fourth-order valence-corrected chi connectivity index (χ4v) is 2.58. The first-order valence-corrected chi connectivity index (χ1v) is 8.32. The monoisotopic (exact) mass is 371 g/mol. The number of para-hydroxylation sites is 1. The lowest BCUT2D eigenvalue weighted by molar-refractivity contribution is 0.102.